The molecule has 0 aliphatic heterocycles. The molecular formula is C59H43N3. The first kappa shape index (κ1) is 37.3. The highest BCUT2D eigenvalue weighted by Crippen LogP contribution is 2.58. The Morgan fingerprint density at radius 2 is 0.887 bits per heavy atom. The van der Waals surface area contributed by atoms with Gasteiger partial charge in [0.15, 0.2) is 5.82 Å². The van der Waals surface area contributed by atoms with E-state index in [9.17, 15) is 5.26 Å². The summed E-state index contributed by atoms with van der Waals surface area (Å²) < 4.78 is 0. The summed E-state index contributed by atoms with van der Waals surface area (Å²) in [5, 5.41) is 9.94. The van der Waals surface area contributed by atoms with Crippen molar-refractivity contribution in [3.63, 3.8) is 0 Å². The minimum atomic E-state index is 0.0258. The normalized spacial score (nSPS) is 13.6. The highest BCUT2D eigenvalue weighted by atomic mass is 14.9. The lowest BCUT2D eigenvalue weighted by molar-refractivity contribution is 0.353. The van der Waals surface area contributed by atoms with E-state index in [0.29, 0.717) is 5.82 Å². The van der Waals surface area contributed by atoms with Gasteiger partial charge < -0.3 is 0 Å². The van der Waals surface area contributed by atoms with Gasteiger partial charge in [-0.05, 0) is 116 Å². The van der Waals surface area contributed by atoms with Crippen LogP contribution in [0.2, 0.25) is 0 Å². The molecule has 2 aliphatic rings. The van der Waals surface area contributed by atoms with E-state index in [1.165, 1.54) is 69.3 Å². The fraction of sp³-hybridized carbons (Fsp3) is 0.102. The standard InChI is InChI=1S/C59H43N3/c60-39-40-26-31-53-52(34-40)57-51(24-13-25-54(57)59(53)32-8-3-9-33-59)49-22-11-20-47(36-49)45-18-10-19-46(35-45)48-21-12-23-50(37-48)56-38-55(61-58(62-56)44-16-6-2-7-17-44)43-29-27-42(28-30-43)41-14-4-1-5-15-41/h1-2,4-7,10-31,34-38H,3,8-9,32-33H2. The predicted octanol–water partition coefficient (Wildman–Crippen LogP) is 15.2. The van der Waals surface area contributed by atoms with Gasteiger partial charge in [0, 0.05) is 22.1 Å². The van der Waals surface area contributed by atoms with Crippen LogP contribution in [-0.2, 0) is 5.41 Å². The van der Waals surface area contributed by atoms with E-state index in [4.69, 9.17) is 9.97 Å². The van der Waals surface area contributed by atoms with Crippen molar-refractivity contribution in [2.45, 2.75) is 37.5 Å². The van der Waals surface area contributed by atoms with Gasteiger partial charge in [0.05, 0.1) is 23.0 Å². The lowest BCUT2D eigenvalue weighted by Crippen LogP contribution is -2.28. The Labute approximate surface area is 363 Å². The molecule has 0 saturated heterocycles. The lowest BCUT2D eigenvalue weighted by atomic mass is 9.67. The Morgan fingerprint density at radius 3 is 1.55 bits per heavy atom. The van der Waals surface area contributed by atoms with Crippen LogP contribution in [0.5, 0.6) is 0 Å². The van der Waals surface area contributed by atoms with Crippen LogP contribution >= 0.6 is 0 Å². The van der Waals surface area contributed by atoms with Crippen molar-refractivity contribution in [3.8, 4) is 95.6 Å². The molecule has 0 bridgehead atoms. The number of nitrogens with zero attached hydrogens (tertiary/aromatic N) is 3. The summed E-state index contributed by atoms with van der Waals surface area (Å²) in [6, 6.07) is 73.7. The van der Waals surface area contributed by atoms with Crippen LogP contribution in [0, 0.1) is 11.3 Å². The Kier molecular flexibility index (Phi) is 9.48. The maximum atomic E-state index is 9.94. The van der Waals surface area contributed by atoms with Gasteiger partial charge in [0.1, 0.15) is 0 Å². The molecule has 8 aromatic carbocycles. The number of benzene rings is 8. The van der Waals surface area contributed by atoms with Gasteiger partial charge >= 0.3 is 0 Å². The monoisotopic (exact) mass is 793 g/mol. The number of aromatic nitrogens is 2. The van der Waals surface area contributed by atoms with Crippen molar-refractivity contribution in [3.05, 3.63) is 217 Å². The number of nitriles is 1. The maximum absolute atomic E-state index is 9.94. The number of rotatable bonds is 7. The fourth-order valence-corrected chi connectivity index (χ4v) is 10.1. The molecule has 294 valence electrons. The fourth-order valence-electron chi connectivity index (χ4n) is 10.1. The molecule has 9 aromatic rings. The molecule has 62 heavy (non-hydrogen) atoms. The summed E-state index contributed by atoms with van der Waals surface area (Å²) in [6.45, 7) is 0. The molecule has 1 heterocycles. The second kappa shape index (κ2) is 15.7. The zero-order valence-corrected chi connectivity index (χ0v) is 34.4. The summed E-state index contributed by atoms with van der Waals surface area (Å²) >= 11 is 0. The molecule has 1 aromatic heterocycles. The zero-order valence-electron chi connectivity index (χ0n) is 34.4. The minimum absolute atomic E-state index is 0.0258. The van der Waals surface area contributed by atoms with Crippen LogP contribution in [0.4, 0.5) is 0 Å². The molecule has 1 spiro atoms. The van der Waals surface area contributed by atoms with Crippen molar-refractivity contribution >= 4 is 0 Å². The largest absolute Gasteiger partial charge is 0.228 e. The van der Waals surface area contributed by atoms with Crippen LogP contribution in [0.15, 0.2) is 200 Å². The maximum Gasteiger partial charge on any atom is 0.160 e. The van der Waals surface area contributed by atoms with E-state index < -0.39 is 0 Å². The van der Waals surface area contributed by atoms with Crippen LogP contribution < -0.4 is 0 Å². The molecule has 0 N–H and O–H groups in total. The second-order valence-electron chi connectivity index (χ2n) is 16.8. The van der Waals surface area contributed by atoms with Gasteiger partial charge in [-0.15, -0.1) is 0 Å². The summed E-state index contributed by atoms with van der Waals surface area (Å²) in [4.78, 5) is 10.2. The van der Waals surface area contributed by atoms with Gasteiger partial charge in [-0.3, -0.25) is 0 Å². The third kappa shape index (κ3) is 6.71. The van der Waals surface area contributed by atoms with Crippen molar-refractivity contribution in [1.29, 1.82) is 5.26 Å². The average Bonchev–Trinajstić information content (AvgIpc) is 3.62. The first-order valence-electron chi connectivity index (χ1n) is 21.7. The zero-order chi connectivity index (χ0) is 41.5. The number of hydrogen-bond acceptors (Lipinski definition) is 3. The van der Waals surface area contributed by atoms with Crippen LogP contribution in [0.1, 0.15) is 48.8 Å². The summed E-state index contributed by atoms with van der Waals surface area (Å²) in [5.41, 5.74) is 20.3. The highest BCUT2D eigenvalue weighted by Gasteiger charge is 2.44. The van der Waals surface area contributed by atoms with Crippen molar-refractivity contribution < 1.29 is 0 Å². The third-order valence-corrected chi connectivity index (χ3v) is 13.1. The van der Waals surface area contributed by atoms with Gasteiger partial charge in [-0.2, -0.15) is 5.26 Å². The molecule has 11 rings (SSSR count). The average molecular weight is 794 g/mol. The molecular weight excluding hydrogens is 751 g/mol. The predicted molar refractivity (Wildman–Crippen MR) is 254 cm³/mol. The number of hydrogen-bond donors (Lipinski definition) is 0. The summed E-state index contributed by atoms with van der Waals surface area (Å²) in [6.07, 6.45) is 6.07. The van der Waals surface area contributed by atoms with Crippen molar-refractivity contribution in [2.75, 3.05) is 0 Å². The topological polar surface area (TPSA) is 49.6 Å². The summed E-state index contributed by atoms with van der Waals surface area (Å²) in [7, 11) is 0. The molecule has 3 nitrogen and oxygen atoms in total. The first-order valence-corrected chi connectivity index (χ1v) is 21.7. The van der Waals surface area contributed by atoms with Crippen LogP contribution in [0.3, 0.4) is 0 Å². The molecule has 3 heteroatoms. The van der Waals surface area contributed by atoms with Gasteiger partial charge in [-0.1, -0.05) is 183 Å². The van der Waals surface area contributed by atoms with E-state index in [1.807, 2.05) is 30.3 Å². The molecule has 0 radical (unpaired) electrons. The SMILES string of the molecule is N#Cc1ccc2c(c1)-c1c(-c3cccc(-c4cccc(-c5cccc(-c6cc(-c7ccc(-c8ccccc8)cc7)nc(-c7ccccc7)n6)c5)c4)c3)cccc1C21CCCCC1. The van der Waals surface area contributed by atoms with E-state index in [0.717, 1.165) is 63.2 Å². The van der Waals surface area contributed by atoms with Gasteiger partial charge in [0.2, 0.25) is 0 Å². The third-order valence-electron chi connectivity index (χ3n) is 13.1. The quantitative estimate of drug-likeness (QED) is 0.161. The Bertz CT molecular complexity index is 3150. The van der Waals surface area contributed by atoms with Crippen molar-refractivity contribution in [1.82, 2.24) is 9.97 Å². The Morgan fingerprint density at radius 1 is 0.371 bits per heavy atom. The summed E-state index contributed by atoms with van der Waals surface area (Å²) in [5.74, 6) is 0.699. The number of fused-ring (bicyclic) bond motifs is 5. The van der Waals surface area contributed by atoms with E-state index >= 15 is 0 Å². The van der Waals surface area contributed by atoms with Crippen LogP contribution in [-0.4, -0.2) is 9.97 Å². The molecule has 0 unspecified atom stereocenters. The smallest absolute Gasteiger partial charge is 0.160 e. The first-order chi connectivity index (χ1) is 30.6. The minimum Gasteiger partial charge on any atom is -0.228 e. The molecule has 0 atom stereocenters. The van der Waals surface area contributed by atoms with Crippen molar-refractivity contribution in [2.24, 2.45) is 0 Å². The van der Waals surface area contributed by atoms with E-state index in [1.54, 1.807) is 0 Å². The van der Waals surface area contributed by atoms with E-state index in [2.05, 4.69) is 176 Å². The molecule has 0 amide bonds. The Balaban J connectivity index is 0.948. The van der Waals surface area contributed by atoms with Gasteiger partial charge in [0.25, 0.3) is 0 Å². The molecule has 2 aliphatic carbocycles. The Hall–Kier alpha value is -7.67. The van der Waals surface area contributed by atoms with Gasteiger partial charge in [-0.25, -0.2) is 9.97 Å². The lowest BCUT2D eigenvalue weighted by Gasteiger charge is -2.36. The molecule has 1 saturated carbocycles. The highest BCUT2D eigenvalue weighted by molar-refractivity contribution is 5.94. The molecule has 1 fully saturated rings. The van der Waals surface area contributed by atoms with E-state index in [-0.39, 0.29) is 5.41 Å². The second-order valence-corrected chi connectivity index (χ2v) is 16.8. The van der Waals surface area contributed by atoms with Crippen LogP contribution in [0.25, 0.3) is 89.5 Å².